The summed E-state index contributed by atoms with van der Waals surface area (Å²) >= 11 is 0. The molecule has 2 aliphatic rings. The second-order valence-electron chi connectivity index (χ2n) is 9.04. The molecule has 0 saturated carbocycles. The normalized spacial score (nSPS) is 18.7. The number of hydrogen-bond donors (Lipinski definition) is 0. The molecule has 5 rings (SSSR count). The molecule has 0 aromatic heterocycles. The first-order valence-electron chi connectivity index (χ1n) is 11.7. The molecule has 0 bridgehead atoms. The topological polar surface area (TPSA) is 53.1 Å². The van der Waals surface area contributed by atoms with Crippen molar-refractivity contribution in [2.45, 2.75) is 12.6 Å². The van der Waals surface area contributed by atoms with E-state index in [-0.39, 0.29) is 18.1 Å². The van der Waals surface area contributed by atoms with Crippen LogP contribution in [0.3, 0.4) is 0 Å². The molecular weight excluding hydrogens is 426 g/mol. The van der Waals surface area contributed by atoms with Crippen LogP contribution in [0.4, 0.5) is 4.79 Å². The van der Waals surface area contributed by atoms with E-state index >= 15 is 0 Å². The molecule has 2 fully saturated rings. The number of carbonyl (C=O) groups excluding carboxylic acids is 2. The minimum absolute atomic E-state index is 0.0899. The number of amides is 2. The SMILES string of the molecule is CN1CCN(C(=O)c2cccc(-c3ccc(CN4CC(c5ccccc5)OC4=O)cc3)c2)CC1. The molecule has 2 saturated heterocycles. The van der Waals surface area contributed by atoms with Gasteiger partial charge < -0.3 is 14.5 Å². The van der Waals surface area contributed by atoms with Gasteiger partial charge in [0.2, 0.25) is 0 Å². The molecule has 1 unspecified atom stereocenters. The highest BCUT2D eigenvalue weighted by Crippen LogP contribution is 2.28. The first kappa shape index (κ1) is 22.2. The van der Waals surface area contributed by atoms with Gasteiger partial charge in [0.1, 0.15) is 6.10 Å². The average molecular weight is 456 g/mol. The molecule has 1 atom stereocenters. The fourth-order valence-corrected chi connectivity index (χ4v) is 4.53. The van der Waals surface area contributed by atoms with Gasteiger partial charge in [-0.15, -0.1) is 0 Å². The summed E-state index contributed by atoms with van der Waals surface area (Å²) in [6.07, 6.45) is -0.512. The van der Waals surface area contributed by atoms with Crippen molar-refractivity contribution in [3.63, 3.8) is 0 Å². The van der Waals surface area contributed by atoms with Crippen LogP contribution in [-0.2, 0) is 11.3 Å². The summed E-state index contributed by atoms with van der Waals surface area (Å²) in [5, 5.41) is 0. The lowest BCUT2D eigenvalue weighted by molar-refractivity contribution is 0.0664. The maximum Gasteiger partial charge on any atom is 0.410 e. The summed E-state index contributed by atoms with van der Waals surface area (Å²) in [4.78, 5) is 31.2. The maximum atomic E-state index is 13.0. The standard InChI is InChI=1S/C28H29N3O3/c1-29-14-16-30(17-15-29)27(32)25-9-5-8-24(18-25)22-12-10-21(11-13-22)19-31-20-26(34-28(31)33)23-6-3-2-4-7-23/h2-13,18,26H,14-17,19-20H2,1H3. The van der Waals surface area contributed by atoms with E-state index < -0.39 is 0 Å². The number of piperazine rings is 1. The molecule has 3 aromatic rings. The zero-order valence-electron chi connectivity index (χ0n) is 19.4. The Balaban J connectivity index is 1.24. The highest BCUT2D eigenvalue weighted by atomic mass is 16.6. The summed E-state index contributed by atoms with van der Waals surface area (Å²) in [6.45, 7) is 4.38. The predicted octanol–water partition coefficient (Wildman–Crippen LogP) is 4.43. The summed E-state index contributed by atoms with van der Waals surface area (Å²) in [5.41, 5.74) is 4.83. The first-order valence-corrected chi connectivity index (χ1v) is 11.7. The Morgan fingerprint density at radius 3 is 2.35 bits per heavy atom. The van der Waals surface area contributed by atoms with Crippen LogP contribution in [0.1, 0.15) is 27.6 Å². The van der Waals surface area contributed by atoms with E-state index in [0.29, 0.717) is 13.1 Å². The Kier molecular flexibility index (Phi) is 6.32. The average Bonchev–Trinajstić information content (AvgIpc) is 3.25. The molecule has 6 nitrogen and oxygen atoms in total. The number of cyclic esters (lactones) is 1. The van der Waals surface area contributed by atoms with Gasteiger partial charge in [0.05, 0.1) is 6.54 Å². The Morgan fingerprint density at radius 1 is 0.882 bits per heavy atom. The Labute approximate surface area is 200 Å². The zero-order chi connectivity index (χ0) is 23.5. The molecule has 6 heteroatoms. The predicted molar refractivity (Wildman–Crippen MR) is 131 cm³/mol. The van der Waals surface area contributed by atoms with Crippen LogP contribution >= 0.6 is 0 Å². The van der Waals surface area contributed by atoms with Gasteiger partial charge in [-0.1, -0.05) is 66.7 Å². The minimum atomic E-state index is -0.284. The van der Waals surface area contributed by atoms with E-state index in [4.69, 9.17) is 4.74 Å². The van der Waals surface area contributed by atoms with E-state index in [1.54, 1.807) is 4.90 Å². The summed E-state index contributed by atoms with van der Waals surface area (Å²) in [7, 11) is 2.08. The van der Waals surface area contributed by atoms with Crippen LogP contribution in [-0.4, -0.2) is 66.5 Å². The van der Waals surface area contributed by atoms with Crippen LogP contribution in [0, 0.1) is 0 Å². The number of carbonyl (C=O) groups is 2. The van der Waals surface area contributed by atoms with Crippen molar-refractivity contribution in [1.29, 1.82) is 0 Å². The molecule has 2 heterocycles. The van der Waals surface area contributed by atoms with Crippen LogP contribution in [0.2, 0.25) is 0 Å². The fraction of sp³-hybridized carbons (Fsp3) is 0.286. The molecule has 0 aliphatic carbocycles. The summed E-state index contributed by atoms with van der Waals surface area (Å²) < 4.78 is 5.57. The van der Waals surface area contributed by atoms with Crippen molar-refractivity contribution in [1.82, 2.24) is 14.7 Å². The molecule has 2 aliphatic heterocycles. The van der Waals surface area contributed by atoms with Crippen molar-refractivity contribution >= 4 is 12.0 Å². The largest absolute Gasteiger partial charge is 0.439 e. The smallest absolute Gasteiger partial charge is 0.410 e. The van der Waals surface area contributed by atoms with Gasteiger partial charge in [-0.05, 0) is 41.4 Å². The van der Waals surface area contributed by atoms with Gasteiger partial charge in [-0.3, -0.25) is 9.69 Å². The van der Waals surface area contributed by atoms with Gasteiger partial charge in [0, 0.05) is 38.3 Å². The van der Waals surface area contributed by atoms with E-state index in [0.717, 1.165) is 54.0 Å². The van der Waals surface area contributed by atoms with Gasteiger partial charge >= 0.3 is 6.09 Å². The van der Waals surface area contributed by atoms with E-state index in [2.05, 4.69) is 11.9 Å². The number of hydrogen-bond acceptors (Lipinski definition) is 4. The zero-order valence-corrected chi connectivity index (χ0v) is 19.4. The second kappa shape index (κ2) is 9.69. The number of benzene rings is 3. The lowest BCUT2D eigenvalue weighted by Crippen LogP contribution is -2.47. The molecule has 2 amide bonds. The number of rotatable bonds is 5. The molecule has 0 N–H and O–H groups in total. The Bertz CT molecular complexity index is 1160. The Hall–Kier alpha value is -3.64. The van der Waals surface area contributed by atoms with Crippen molar-refractivity contribution in [3.8, 4) is 11.1 Å². The minimum Gasteiger partial charge on any atom is -0.439 e. The lowest BCUT2D eigenvalue weighted by atomic mass is 10.0. The summed E-state index contributed by atoms with van der Waals surface area (Å²) in [6, 6.07) is 25.8. The monoisotopic (exact) mass is 455 g/mol. The van der Waals surface area contributed by atoms with Crippen molar-refractivity contribution in [2.75, 3.05) is 39.8 Å². The first-order chi connectivity index (χ1) is 16.6. The maximum absolute atomic E-state index is 13.0. The third kappa shape index (κ3) is 4.82. The number of likely N-dealkylation sites (N-methyl/N-ethyl adjacent to an activating group) is 1. The van der Waals surface area contributed by atoms with Crippen molar-refractivity contribution in [3.05, 3.63) is 95.6 Å². The second-order valence-corrected chi connectivity index (χ2v) is 9.04. The summed E-state index contributed by atoms with van der Waals surface area (Å²) in [5.74, 6) is 0.0899. The van der Waals surface area contributed by atoms with Gasteiger partial charge in [0.25, 0.3) is 5.91 Å². The molecular formula is C28H29N3O3. The van der Waals surface area contributed by atoms with Gasteiger partial charge in [0.15, 0.2) is 0 Å². The van der Waals surface area contributed by atoms with Gasteiger partial charge in [-0.25, -0.2) is 4.79 Å². The third-order valence-corrected chi connectivity index (χ3v) is 6.62. The number of nitrogens with zero attached hydrogens (tertiary/aromatic N) is 3. The molecule has 0 spiro atoms. The highest BCUT2D eigenvalue weighted by Gasteiger charge is 2.32. The van der Waals surface area contributed by atoms with Crippen LogP contribution in [0.25, 0.3) is 11.1 Å². The molecule has 3 aromatic carbocycles. The molecule has 0 radical (unpaired) electrons. The van der Waals surface area contributed by atoms with Crippen LogP contribution in [0.15, 0.2) is 78.9 Å². The number of ether oxygens (including phenoxy) is 1. The van der Waals surface area contributed by atoms with Crippen molar-refractivity contribution in [2.24, 2.45) is 0 Å². The fourth-order valence-electron chi connectivity index (χ4n) is 4.53. The van der Waals surface area contributed by atoms with E-state index in [9.17, 15) is 9.59 Å². The van der Waals surface area contributed by atoms with E-state index in [1.165, 1.54) is 0 Å². The lowest BCUT2D eigenvalue weighted by Gasteiger charge is -2.32. The van der Waals surface area contributed by atoms with Crippen LogP contribution in [0.5, 0.6) is 0 Å². The van der Waals surface area contributed by atoms with Gasteiger partial charge in [-0.2, -0.15) is 0 Å². The quantitative estimate of drug-likeness (QED) is 0.571. The Morgan fingerprint density at radius 2 is 1.62 bits per heavy atom. The van der Waals surface area contributed by atoms with E-state index in [1.807, 2.05) is 83.8 Å². The van der Waals surface area contributed by atoms with Crippen LogP contribution < -0.4 is 0 Å². The van der Waals surface area contributed by atoms with Crippen molar-refractivity contribution < 1.29 is 14.3 Å². The highest BCUT2D eigenvalue weighted by molar-refractivity contribution is 5.95. The molecule has 174 valence electrons. The third-order valence-electron chi connectivity index (χ3n) is 6.62. The molecule has 34 heavy (non-hydrogen) atoms.